The first kappa shape index (κ1) is 23.9. The number of anilines is 1. The SMILES string of the molecule is CCCCOCCOc1ccc(-c2ccc(N3CCCCCC3)c(/C=C/C(=O)O)c2)cc1. The van der Waals surface area contributed by atoms with E-state index in [-0.39, 0.29) is 0 Å². The summed E-state index contributed by atoms with van der Waals surface area (Å²) in [6.45, 7) is 6.10. The van der Waals surface area contributed by atoms with Crippen molar-refractivity contribution in [2.45, 2.75) is 45.4 Å². The minimum atomic E-state index is -0.933. The fourth-order valence-corrected chi connectivity index (χ4v) is 3.94. The third-order valence-electron chi connectivity index (χ3n) is 5.71. The molecule has 0 unspecified atom stereocenters. The molecule has 1 N–H and O–H groups in total. The van der Waals surface area contributed by atoms with Gasteiger partial charge < -0.3 is 19.5 Å². The molecule has 0 radical (unpaired) electrons. The zero-order valence-corrected chi connectivity index (χ0v) is 19.1. The molecule has 0 spiro atoms. The Labute approximate surface area is 191 Å². The summed E-state index contributed by atoms with van der Waals surface area (Å²) in [6, 6.07) is 14.3. The third-order valence-corrected chi connectivity index (χ3v) is 5.71. The van der Waals surface area contributed by atoms with Gasteiger partial charge in [-0.1, -0.05) is 44.4 Å². The van der Waals surface area contributed by atoms with Crippen molar-refractivity contribution in [1.82, 2.24) is 0 Å². The van der Waals surface area contributed by atoms with Crippen LogP contribution in [-0.2, 0) is 9.53 Å². The lowest BCUT2D eigenvalue weighted by Crippen LogP contribution is -2.24. The molecule has 0 bridgehead atoms. The van der Waals surface area contributed by atoms with Crippen molar-refractivity contribution in [2.24, 2.45) is 0 Å². The van der Waals surface area contributed by atoms with Crippen molar-refractivity contribution in [2.75, 3.05) is 37.8 Å². The molecule has 172 valence electrons. The van der Waals surface area contributed by atoms with Crippen LogP contribution < -0.4 is 9.64 Å². The number of ether oxygens (including phenoxy) is 2. The maximum Gasteiger partial charge on any atom is 0.328 e. The van der Waals surface area contributed by atoms with E-state index in [1.807, 2.05) is 24.3 Å². The molecule has 0 aromatic heterocycles. The van der Waals surface area contributed by atoms with E-state index in [9.17, 15) is 4.79 Å². The van der Waals surface area contributed by atoms with Gasteiger partial charge in [0, 0.05) is 31.5 Å². The van der Waals surface area contributed by atoms with Crippen molar-refractivity contribution >= 4 is 17.7 Å². The van der Waals surface area contributed by atoms with Crippen LogP contribution >= 0.6 is 0 Å². The van der Waals surface area contributed by atoms with E-state index < -0.39 is 5.97 Å². The van der Waals surface area contributed by atoms with Gasteiger partial charge >= 0.3 is 5.97 Å². The Balaban J connectivity index is 1.71. The van der Waals surface area contributed by atoms with Crippen LogP contribution in [0.25, 0.3) is 17.2 Å². The van der Waals surface area contributed by atoms with E-state index in [4.69, 9.17) is 14.6 Å². The van der Waals surface area contributed by atoms with Crippen molar-refractivity contribution in [1.29, 1.82) is 0 Å². The van der Waals surface area contributed by atoms with Gasteiger partial charge in [0.25, 0.3) is 0 Å². The molecule has 0 amide bonds. The van der Waals surface area contributed by atoms with Gasteiger partial charge in [-0.25, -0.2) is 4.79 Å². The Bertz CT molecular complexity index is 868. The molecule has 1 saturated heterocycles. The van der Waals surface area contributed by atoms with Gasteiger partial charge in [0.2, 0.25) is 0 Å². The van der Waals surface area contributed by atoms with Crippen LogP contribution in [0.5, 0.6) is 5.75 Å². The highest BCUT2D eigenvalue weighted by atomic mass is 16.5. The van der Waals surface area contributed by atoms with Crippen molar-refractivity contribution in [3.05, 3.63) is 54.1 Å². The Morgan fingerprint density at radius 2 is 1.69 bits per heavy atom. The van der Waals surface area contributed by atoms with Crippen LogP contribution in [0, 0.1) is 0 Å². The smallest absolute Gasteiger partial charge is 0.328 e. The number of carboxylic acids is 1. The lowest BCUT2D eigenvalue weighted by atomic mass is 10.0. The van der Waals surface area contributed by atoms with E-state index in [0.29, 0.717) is 13.2 Å². The van der Waals surface area contributed by atoms with Crippen molar-refractivity contribution < 1.29 is 19.4 Å². The summed E-state index contributed by atoms with van der Waals surface area (Å²) in [6.07, 6.45) is 10.0. The van der Waals surface area contributed by atoms with Crippen LogP contribution in [0.4, 0.5) is 5.69 Å². The molecule has 2 aromatic carbocycles. The van der Waals surface area contributed by atoms with Crippen LogP contribution in [0.15, 0.2) is 48.5 Å². The normalized spacial score (nSPS) is 14.5. The number of hydrogen-bond donors (Lipinski definition) is 1. The summed E-state index contributed by atoms with van der Waals surface area (Å²) in [5.41, 5.74) is 4.18. The zero-order valence-electron chi connectivity index (χ0n) is 19.1. The number of unbranched alkanes of at least 4 members (excludes halogenated alkanes) is 1. The average molecular weight is 438 g/mol. The summed E-state index contributed by atoms with van der Waals surface area (Å²) in [5, 5.41) is 9.15. The highest BCUT2D eigenvalue weighted by molar-refractivity contribution is 5.88. The Hall–Kier alpha value is -2.79. The first-order valence-electron chi connectivity index (χ1n) is 11.8. The number of rotatable bonds is 11. The van der Waals surface area contributed by atoms with E-state index >= 15 is 0 Å². The number of aliphatic carboxylic acids is 1. The number of carbonyl (C=O) groups is 1. The minimum absolute atomic E-state index is 0.539. The minimum Gasteiger partial charge on any atom is -0.491 e. The second kappa shape index (κ2) is 12.9. The number of hydrogen-bond acceptors (Lipinski definition) is 4. The molecule has 1 aliphatic heterocycles. The molecule has 0 aliphatic carbocycles. The predicted molar refractivity (Wildman–Crippen MR) is 130 cm³/mol. The maximum absolute atomic E-state index is 11.1. The first-order chi connectivity index (χ1) is 15.7. The highest BCUT2D eigenvalue weighted by Gasteiger charge is 2.14. The Morgan fingerprint density at radius 3 is 2.38 bits per heavy atom. The number of carboxylic acid groups (broad SMARTS) is 1. The molecule has 5 heteroatoms. The molecule has 32 heavy (non-hydrogen) atoms. The van der Waals surface area contributed by atoms with Gasteiger partial charge in [-0.05, 0) is 66.3 Å². The molecule has 1 aliphatic rings. The van der Waals surface area contributed by atoms with Crippen LogP contribution in [0.2, 0.25) is 0 Å². The largest absolute Gasteiger partial charge is 0.491 e. The molecular formula is C27H35NO4. The van der Waals surface area contributed by atoms with E-state index in [2.05, 4.69) is 30.0 Å². The monoisotopic (exact) mass is 437 g/mol. The van der Waals surface area contributed by atoms with Crippen LogP contribution in [0.1, 0.15) is 51.0 Å². The second-order valence-electron chi connectivity index (χ2n) is 8.19. The Kier molecular flexibility index (Phi) is 9.63. The summed E-state index contributed by atoms with van der Waals surface area (Å²) in [7, 11) is 0. The standard InChI is InChI=1S/C27H35NO4/c1-2-3-18-31-19-20-32-25-12-8-22(9-13-25)23-10-14-26(24(21-23)11-15-27(29)30)28-16-6-4-5-7-17-28/h8-15,21H,2-7,16-20H2,1H3,(H,29,30)/b15-11+. The fraction of sp³-hybridized carbons (Fsp3) is 0.444. The topological polar surface area (TPSA) is 59.0 Å². The number of benzene rings is 2. The molecule has 0 atom stereocenters. The van der Waals surface area contributed by atoms with Gasteiger partial charge in [0.1, 0.15) is 12.4 Å². The van der Waals surface area contributed by atoms with Crippen LogP contribution in [-0.4, -0.2) is 44.0 Å². The van der Waals surface area contributed by atoms with Gasteiger partial charge in [-0.3, -0.25) is 0 Å². The van der Waals surface area contributed by atoms with Gasteiger partial charge in [0.15, 0.2) is 0 Å². The molecule has 0 saturated carbocycles. The molecule has 3 rings (SSSR count). The van der Waals surface area contributed by atoms with Crippen molar-refractivity contribution in [3.8, 4) is 16.9 Å². The summed E-state index contributed by atoms with van der Waals surface area (Å²) < 4.78 is 11.3. The molecular weight excluding hydrogens is 402 g/mol. The van der Waals surface area contributed by atoms with E-state index in [1.54, 1.807) is 6.08 Å². The van der Waals surface area contributed by atoms with Gasteiger partial charge in [0.05, 0.1) is 6.61 Å². The first-order valence-corrected chi connectivity index (χ1v) is 11.8. The lowest BCUT2D eigenvalue weighted by Gasteiger charge is -2.25. The summed E-state index contributed by atoms with van der Waals surface area (Å²) >= 11 is 0. The molecule has 1 heterocycles. The number of nitrogens with zero attached hydrogens (tertiary/aromatic N) is 1. The van der Waals surface area contributed by atoms with Gasteiger partial charge in [-0.2, -0.15) is 0 Å². The highest BCUT2D eigenvalue weighted by Crippen LogP contribution is 2.31. The van der Waals surface area contributed by atoms with Crippen molar-refractivity contribution in [3.63, 3.8) is 0 Å². The molecule has 5 nitrogen and oxygen atoms in total. The van der Waals surface area contributed by atoms with E-state index in [0.717, 1.165) is 60.7 Å². The van der Waals surface area contributed by atoms with Crippen LogP contribution in [0.3, 0.4) is 0 Å². The maximum atomic E-state index is 11.1. The Morgan fingerprint density at radius 1 is 0.969 bits per heavy atom. The average Bonchev–Trinajstić information content (AvgIpc) is 3.10. The summed E-state index contributed by atoms with van der Waals surface area (Å²) in [5.74, 6) is -0.114. The molecule has 1 fully saturated rings. The second-order valence-corrected chi connectivity index (χ2v) is 8.19. The van der Waals surface area contributed by atoms with E-state index in [1.165, 1.54) is 31.8 Å². The predicted octanol–water partition coefficient (Wildman–Crippen LogP) is 6.03. The fourth-order valence-electron chi connectivity index (χ4n) is 3.94. The summed E-state index contributed by atoms with van der Waals surface area (Å²) in [4.78, 5) is 13.5. The molecule has 2 aromatic rings. The lowest BCUT2D eigenvalue weighted by molar-refractivity contribution is -0.131. The van der Waals surface area contributed by atoms with Gasteiger partial charge in [-0.15, -0.1) is 0 Å². The third kappa shape index (κ3) is 7.41. The quantitative estimate of drug-likeness (QED) is 0.344. The zero-order chi connectivity index (χ0) is 22.6.